The molecule has 3 heteroatoms. The zero-order valence-electron chi connectivity index (χ0n) is 12.1. The lowest BCUT2D eigenvalue weighted by atomic mass is 10.1. The van der Waals surface area contributed by atoms with Crippen LogP contribution in [0, 0.1) is 0 Å². The molecule has 1 saturated heterocycles. The lowest BCUT2D eigenvalue weighted by molar-refractivity contribution is -0.0115. The van der Waals surface area contributed by atoms with Crippen LogP contribution >= 0.6 is 0 Å². The standard InChI is InChI=1S/C16H26N2O/c1-16(2)10-9-15(19-16)13-18(12-6-11-17)14-7-4-3-5-8-14/h3-5,7-8,15H,6,9-13,17H2,1-2H3. The van der Waals surface area contributed by atoms with Crippen LogP contribution in [0.25, 0.3) is 0 Å². The zero-order chi connectivity index (χ0) is 13.7. The van der Waals surface area contributed by atoms with Crippen LogP contribution in [0.5, 0.6) is 0 Å². The molecule has 1 unspecified atom stereocenters. The van der Waals surface area contributed by atoms with Crippen molar-refractivity contribution in [3.8, 4) is 0 Å². The summed E-state index contributed by atoms with van der Waals surface area (Å²) in [6.07, 6.45) is 3.66. The predicted molar refractivity (Wildman–Crippen MR) is 80.5 cm³/mol. The van der Waals surface area contributed by atoms with Gasteiger partial charge in [-0.2, -0.15) is 0 Å². The van der Waals surface area contributed by atoms with Crippen molar-refractivity contribution in [2.45, 2.75) is 44.8 Å². The van der Waals surface area contributed by atoms with Crippen molar-refractivity contribution in [2.24, 2.45) is 5.73 Å². The van der Waals surface area contributed by atoms with Gasteiger partial charge in [-0.05, 0) is 51.8 Å². The molecule has 0 spiro atoms. The lowest BCUT2D eigenvalue weighted by Gasteiger charge is -2.28. The van der Waals surface area contributed by atoms with Gasteiger partial charge in [-0.25, -0.2) is 0 Å². The molecule has 1 fully saturated rings. The van der Waals surface area contributed by atoms with Gasteiger partial charge in [0.25, 0.3) is 0 Å². The average molecular weight is 262 g/mol. The van der Waals surface area contributed by atoms with E-state index in [1.807, 2.05) is 0 Å². The Balaban J connectivity index is 1.98. The summed E-state index contributed by atoms with van der Waals surface area (Å²) in [6, 6.07) is 10.6. The second-order valence-corrected chi connectivity index (χ2v) is 5.96. The highest BCUT2D eigenvalue weighted by atomic mass is 16.5. The van der Waals surface area contributed by atoms with Crippen molar-refractivity contribution in [1.82, 2.24) is 0 Å². The maximum atomic E-state index is 6.11. The Morgan fingerprint density at radius 1 is 1.32 bits per heavy atom. The number of ether oxygens (including phenoxy) is 1. The second kappa shape index (κ2) is 6.40. The molecule has 1 aliphatic heterocycles. The van der Waals surface area contributed by atoms with Gasteiger partial charge >= 0.3 is 0 Å². The first-order chi connectivity index (χ1) is 9.11. The Morgan fingerprint density at radius 3 is 2.63 bits per heavy atom. The quantitative estimate of drug-likeness (QED) is 0.856. The van der Waals surface area contributed by atoms with E-state index in [2.05, 4.69) is 49.1 Å². The van der Waals surface area contributed by atoms with Gasteiger partial charge in [0.2, 0.25) is 0 Å². The third kappa shape index (κ3) is 4.22. The number of hydrogen-bond donors (Lipinski definition) is 1. The Bertz CT molecular complexity index is 378. The normalized spacial score (nSPS) is 21.5. The van der Waals surface area contributed by atoms with Crippen LogP contribution in [0.2, 0.25) is 0 Å². The minimum absolute atomic E-state index is 0.0426. The molecule has 19 heavy (non-hydrogen) atoms. The Kier molecular flexibility index (Phi) is 4.83. The maximum Gasteiger partial charge on any atom is 0.0758 e. The monoisotopic (exact) mass is 262 g/mol. The average Bonchev–Trinajstić information content (AvgIpc) is 2.75. The minimum atomic E-state index is 0.0426. The topological polar surface area (TPSA) is 38.5 Å². The van der Waals surface area contributed by atoms with Gasteiger partial charge < -0.3 is 15.4 Å². The number of benzene rings is 1. The molecule has 0 saturated carbocycles. The Hall–Kier alpha value is -1.06. The van der Waals surface area contributed by atoms with E-state index in [-0.39, 0.29) is 5.60 Å². The molecule has 0 bridgehead atoms. The molecule has 1 aromatic rings. The van der Waals surface area contributed by atoms with Crippen molar-refractivity contribution >= 4 is 5.69 Å². The van der Waals surface area contributed by atoms with Crippen molar-refractivity contribution in [2.75, 3.05) is 24.5 Å². The first kappa shape index (κ1) is 14.4. The van der Waals surface area contributed by atoms with Crippen molar-refractivity contribution in [3.63, 3.8) is 0 Å². The summed E-state index contributed by atoms with van der Waals surface area (Å²) in [7, 11) is 0. The van der Waals surface area contributed by atoms with Crippen molar-refractivity contribution in [1.29, 1.82) is 0 Å². The molecule has 0 aliphatic carbocycles. The van der Waals surface area contributed by atoms with Crippen LogP contribution in [0.1, 0.15) is 33.1 Å². The predicted octanol–water partition coefficient (Wildman–Crippen LogP) is 2.80. The molecule has 1 aliphatic rings. The highest BCUT2D eigenvalue weighted by molar-refractivity contribution is 5.46. The van der Waals surface area contributed by atoms with E-state index in [1.54, 1.807) is 0 Å². The molecule has 106 valence electrons. The number of hydrogen-bond acceptors (Lipinski definition) is 3. The van der Waals surface area contributed by atoms with Gasteiger partial charge in [-0.1, -0.05) is 18.2 Å². The van der Waals surface area contributed by atoms with Crippen molar-refractivity contribution < 1.29 is 4.74 Å². The molecule has 0 radical (unpaired) electrons. The first-order valence-corrected chi connectivity index (χ1v) is 7.28. The fraction of sp³-hybridized carbons (Fsp3) is 0.625. The largest absolute Gasteiger partial charge is 0.371 e. The Labute approximate surface area is 116 Å². The third-order valence-corrected chi connectivity index (χ3v) is 3.73. The van der Waals surface area contributed by atoms with Gasteiger partial charge in [0.15, 0.2) is 0 Å². The van der Waals surface area contributed by atoms with Crippen LogP contribution < -0.4 is 10.6 Å². The van der Waals surface area contributed by atoms with E-state index in [4.69, 9.17) is 10.5 Å². The van der Waals surface area contributed by atoms with E-state index in [9.17, 15) is 0 Å². The molecular formula is C16H26N2O. The number of anilines is 1. The van der Waals surface area contributed by atoms with Gasteiger partial charge in [0.1, 0.15) is 0 Å². The smallest absolute Gasteiger partial charge is 0.0758 e. The van der Waals surface area contributed by atoms with Crippen LogP contribution in [-0.4, -0.2) is 31.3 Å². The van der Waals surface area contributed by atoms with Crippen LogP contribution in [0.3, 0.4) is 0 Å². The highest BCUT2D eigenvalue weighted by Crippen LogP contribution is 2.30. The molecule has 0 aromatic heterocycles. The summed E-state index contributed by atoms with van der Waals surface area (Å²) in [5.74, 6) is 0. The molecule has 2 rings (SSSR count). The summed E-state index contributed by atoms with van der Waals surface area (Å²) in [5.41, 5.74) is 6.96. The number of nitrogens with two attached hydrogens (primary N) is 1. The van der Waals surface area contributed by atoms with E-state index in [0.717, 1.165) is 38.9 Å². The van der Waals surface area contributed by atoms with Crippen LogP contribution in [0.4, 0.5) is 5.69 Å². The van der Waals surface area contributed by atoms with E-state index < -0.39 is 0 Å². The molecule has 1 heterocycles. The summed E-state index contributed by atoms with van der Waals surface area (Å²) in [4.78, 5) is 2.40. The number of nitrogens with zero attached hydrogens (tertiary/aromatic N) is 1. The molecule has 2 N–H and O–H groups in total. The highest BCUT2D eigenvalue weighted by Gasteiger charge is 2.32. The first-order valence-electron chi connectivity index (χ1n) is 7.28. The third-order valence-electron chi connectivity index (χ3n) is 3.73. The summed E-state index contributed by atoms with van der Waals surface area (Å²) < 4.78 is 6.11. The lowest BCUT2D eigenvalue weighted by Crippen LogP contribution is -2.35. The fourth-order valence-corrected chi connectivity index (χ4v) is 2.70. The molecule has 0 amide bonds. The van der Waals surface area contributed by atoms with E-state index in [0.29, 0.717) is 6.10 Å². The van der Waals surface area contributed by atoms with Gasteiger partial charge in [-0.3, -0.25) is 0 Å². The summed E-state index contributed by atoms with van der Waals surface area (Å²) in [5, 5.41) is 0. The number of para-hydroxylation sites is 1. The summed E-state index contributed by atoms with van der Waals surface area (Å²) >= 11 is 0. The molecular weight excluding hydrogens is 236 g/mol. The van der Waals surface area contributed by atoms with Crippen LogP contribution in [0.15, 0.2) is 30.3 Å². The van der Waals surface area contributed by atoms with E-state index >= 15 is 0 Å². The second-order valence-electron chi connectivity index (χ2n) is 5.96. The van der Waals surface area contributed by atoms with Crippen LogP contribution in [-0.2, 0) is 4.74 Å². The molecule has 1 atom stereocenters. The molecule has 3 nitrogen and oxygen atoms in total. The van der Waals surface area contributed by atoms with Crippen molar-refractivity contribution in [3.05, 3.63) is 30.3 Å². The molecule has 1 aromatic carbocycles. The minimum Gasteiger partial charge on any atom is -0.371 e. The maximum absolute atomic E-state index is 6.11. The number of rotatable bonds is 6. The van der Waals surface area contributed by atoms with E-state index in [1.165, 1.54) is 5.69 Å². The van der Waals surface area contributed by atoms with Gasteiger partial charge in [0, 0.05) is 18.8 Å². The summed E-state index contributed by atoms with van der Waals surface area (Å²) in [6.45, 7) is 7.06. The van der Waals surface area contributed by atoms with Gasteiger partial charge in [0.05, 0.1) is 11.7 Å². The van der Waals surface area contributed by atoms with Gasteiger partial charge in [-0.15, -0.1) is 0 Å². The Morgan fingerprint density at radius 2 is 2.05 bits per heavy atom. The SMILES string of the molecule is CC1(C)CCC(CN(CCCN)c2ccccc2)O1. The zero-order valence-corrected chi connectivity index (χ0v) is 12.1. The fourth-order valence-electron chi connectivity index (χ4n) is 2.70.